The number of nitrogens with zero attached hydrogens (tertiary/aromatic N) is 3. The van der Waals surface area contributed by atoms with Gasteiger partial charge in [0.2, 0.25) is 0 Å². The second-order valence-corrected chi connectivity index (χ2v) is 8.55. The monoisotopic (exact) mass is 474 g/mol. The predicted molar refractivity (Wildman–Crippen MR) is 115 cm³/mol. The van der Waals surface area contributed by atoms with Crippen LogP contribution >= 0.6 is 0 Å². The van der Waals surface area contributed by atoms with Crippen molar-refractivity contribution in [2.24, 2.45) is 0 Å². The number of rotatable bonds is 5. The lowest BCUT2D eigenvalue weighted by Gasteiger charge is -2.19. The number of aromatic nitrogens is 3. The van der Waals surface area contributed by atoms with Crippen LogP contribution in [0.3, 0.4) is 0 Å². The molecule has 2 fully saturated rings. The van der Waals surface area contributed by atoms with Gasteiger partial charge in [-0.3, -0.25) is 9.48 Å². The van der Waals surface area contributed by atoms with Crippen molar-refractivity contribution in [1.29, 1.82) is 0 Å². The number of carbonyl (C=O) groups excluding carboxylic acids is 1. The lowest BCUT2D eigenvalue weighted by molar-refractivity contribution is 0.0259. The van der Waals surface area contributed by atoms with Crippen LogP contribution in [0.2, 0.25) is 0 Å². The van der Waals surface area contributed by atoms with Gasteiger partial charge in [-0.25, -0.2) is 22.5 Å². The largest absolute Gasteiger partial charge is 0.369 e. The maximum Gasteiger partial charge on any atom is 0.274 e. The Morgan fingerprint density at radius 1 is 1.03 bits per heavy atom. The summed E-state index contributed by atoms with van der Waals surface area (Å²) >= 11 is 0. The van der Waals surface area contributed by atoms with E-state index < -0.39 is 46.9 Å². The molecule has 2 aromatic heterocycles. The topological polar surface area (TPSA) is 69.0 Å². The molecule has 0 bridgehead atoms. The first kappa shape index (κ1) is 22.5. The standard InChI is InChI=1S/C24H22F4N4O2/c25-13-3-1-6-20(34-12-13)23-19(11-29-32(23)14-7-8-14)31-24(33)18-10-9-17(28)22(30-18)21-15(26)4-2-5-16(21)27/h2,4-5,9-11,13-14,20H,1,3,6-8,12H2,(H,31,33)/t13-,20-/m1/s1. The van der Waals surface area contributed by atoms with E-state index >= 15 is 0 Å². The molecule has 6 nitrogen and oxygen atoms in total. The Morgan fingerprint density at radius 3 is 2.53 bits per heavy atom. The average Bonchev–Trinajstić information content (AvgIpc) is 3.60. The molecule has 1 amide bonds. The van der Waals surface area contributed by atoms with Crippen molar-refractivity contribution in [2.75, 3.05) is 11.9 Å². The maximum absolute atomic E-state index is 14.4. The lowest BCUT2D eigenvalue weighted by Crippen LogP contribution is -2.18. The SMILES string of the molecule is O=C(Nc1cnn(C2CC2)c1[C@H]1CCC[C@@H](F)CO1)c1ccc(F)c(-c2c(F)cccc2F)n1. The molecule has 2 aliphatic rings. The molecule has 5 rings (SSSR count). The fraction of sp³-hybridized carbons (Fsp3) is 0.375. The molecule has 34 heavy (non-hydrogen) atoms. The molecular formula is C24H22F4N4O2. The molecule has 0 unspecified atom stereocenters. The third kappa shape index (κ3) is 4.42. The molecule has 3 heterocycles. The first-order valence-electron chi connectivity index (χ1n) is 11.2. The number of pyridine rings is 1. The summed E-state index contributed by atoms with van der Waals surface area (Å²) in [5.41, 5.74) is -0.450. The zero-order chi connectivity index (χ0) is 23.8. The van der Waals surface area contributed by atoms with E-state index in [0.29, 0.717) is 30.6 Å². The van der Waals surface area contributed by atoms with Gasteiger partial charge in [0.15, 0.2) is 0 Å². The van der Waals surface area contributed by atoms with Crippen LogP contribution in [0, 0.1) is 17.5 Å². The summed E-state index contributed by atoms with van der Waals surface area (Å²) in [5.74, 6) is -3.65. The first-order chi connectivity index (χ1) is 16.4. The lowest BCUT2D eigenvalue weighted by atomic mass is 10.1. The Kier molecular flexibility index (Phi) is 6.07. The minimum Gasteiger partial charge on any atom is -0.369 e. The second kappa shape index (κ2) is 9.17. The Bertz CT molecular complexity index is 1210. The van der Waals surface area contributed by atoms with E-state index in [2.05, 4.69) is 15.4 Å². The number of nitrogens with one attached hydrogen (secondary N) is 1. The molecule has 0 radical (unpaired) electrons. The number of benzene rings is 1. The van der Waals surface area contributed by atoms with E-state index in [1.807, 2.05) is 0 Å². The molecule has 10 heteroatoms. The van der Waals surface area contributed by atoms with Gasteiger partial charge in [-0.05, 0) is 56.4 Å². The van der Waals surface area contributed by atoms with E-state index in [9.17, 15) is 22.4 Å². The van der Waals surface area contributed by atoms with Crippen LogP contribution in [-0.4, -0.2) is 33.5 Å². The molecule has 1 aromatic carbocycles. The van der Waals surface area contributed by atoms with E-state index in [0.717, 1.165) is 43.2 Å². The summed E-state index contributed by atoms with van der Waals surface area (Å²) in [4.78, 5) is 16.9. The van der Waals surface area contributed by atoms with Crippen molar-refractivity contribution >= 4 is 11.6 Å². The van der Waals surface area contributed by atoms with E-state index in [-0.39, 0.29) is 18.3 Å². The second-order valence-electron chi connectivity index (χ2n) is 8.55. The zero-order valence-corrected chi connectivity index (χ0v) is 18.1. The Hall–Kier alpha value is -3.27. The molecule has 1 saturated carbocycles. The van der Waals surface area contributed by atoms with Crippen molar-refractivity contribution in [2.45, 2.75) is 50.4 Å². The van der Waals surface area contributed by atoms with Gasteiger partial charge < -0.3 is 10.1 Å². The quantitative estimate of drug-likeness (QED) is 0.494. The summed E-state index contributed by atoms with van der Waals surface area (Å²) in [7, 11) is 0. The fourth-order valence-electron chi connectivity index (χ4n) is 4.18. The predicted octanol–water partition coefficient (Wildman–Crippen LogP) is 5.53. The van der Waals surface area contributed by atoms with Gasteiger partial charge >= 0.3 is 0 Å². The molecule has 1 saturated heterocycles. The van der Waals surface area contributed by atoms with Crippen LogP contribution in [0.5, 0.6) is 0 Å². The third-order valence-corrected chi connectivity index (χ3v) is 6.02. The van der Waals surface area contributed by atoms with Gasteiger partial charge in [0.25, 0.3) is 5.91 Å². The summed E-state index contributed by atoms with van der Waals surface area (Å²) in [6.45, 7) is -0.0367. The zero-order valence-electron chi connectivity index (χ0n) is 18.1. The Balaban J connectivity index is 1.45. The molecule has 0 spiro atoms. The fourth-order valence-corrected chi connectivity index (χ4v) is 4.18. The van der Waals surface area contributed by atoms with Gasteiger partial charge in [0, 0.05) is 0 Å². The normalized spacial score (nSPS) is 20.7. The molecule has 1 N–H and O–H groups in total. The van der Waals surface area contributed by atoms with Crippen molar-refractivity contribution in [3.8, 4) is 11.3 Å². The van der Waals surface area contributed by atoms with Gasteiger partial charge in [0.1, 0.15) is 41.1 Å². The first-order valence-corrected chi connectivity index (χ1v) is 11.2. The van der Waals surface area contributed by atoms with Gasteiger partial charge in [-0.1, -0.05) is 6.07 Å². The van der Waals surface area contributed by atoms with Gasteiger partial charge in [-0.15, -0.1) is 0 Å². The number of halogens is 4. The van der Waals surface area contributed by atoms with Crippen molar-refractivity contribution < 1.29 is 27.1 Å². The van der Waals surface area contributed by atoms with Crippen LogP contribution in [0.25, 0.3) is 11.3 Å². The highest BCUT2D eigenvalue weighted by Crippen LogP contribution is 2.41. The van der Waals surface area contributed by atoms with Gasteiger partial charge in [-0.2, -0.15) is 5.10 Å². The van der Waals surface area contributed by atoms with Crippen LogP contribution in [-0.2, 0) is 4.74 Å². The molecular weight excluding hydrogens is 452 g/mol. The van der Waals surface area contributed by atoms with Crippen molar-refractivity contribution in [1.82, 2.24) is 14.8 Å². The molecule has 1 aliphatic carbocycles. The molecule has 2 atom stereocenters. The molecule has 3 aromatic rings. The highest BCUT2D eigenvalue weighted by Gasteiger charge is 2.33. The van der Waals surface area contributed by atoms with Crippen LogP contribution in [0.4, 0.5) is 23.2 Å². The number of amides is 1. The van der Waals surface area contributed by atoms with E-state index in [1.54, 1.807) is 4.68 Å². The minimum atomic E-state index is -1.04. The smallest absolute Gasteiger partial charge is 0.274 e. The molecule has 1 aliphatic heterocycles. The Morgan fingerprint density at radius 2 is 1.79 bits per heavy atom. The van der Waals surface area contributed by atoms with Crippen molar-refractivity contribution in [3.05, 3.63) is 65.4 Å². The number of hydrogen-bond donors (Lipinski definition) is 1. The third-order valence-electron chi connectivity index (χ3n) is 6.02. The summed E-state index contributed by atoms with van der Waals surface area (Å²) in [6.07, 6.45) is 3.51. The number of carbonyl (C=O) groups is 1. The highest BCUT2D eigenvalue weighted by molar-refractivity contribution is 6.03. The highest BCUT2D eigenvalue weighted by atomic mass is 19.1. The summed E-state index contributed by atoms with van der Waals surface area (Å²) in [5, 5.41) is 7.12. The van der Waals surface area contributed by atoms with Crippen molar-refractivity contribution in [3.63, 3.8) is 0 Å². The summed E-state index contributed by atoms with van der Waals surface area (Å²) in [6, 6.07) is 5.39. The number of alkyl halides is 1. The van der Waals surface area contributed by atoms with Crippen LogP contribution in [0.15, 0.2) is 36.5 Å². The number of hydrogen-bond acceptors (Lipinski definition) is 4. The van der Waals surface area contributed by atoms with Crippen LogP contribution < -0.4 is 5.32 Å². The van der Waals surface area contributed by atoms with E-state index in [1.165, 1.54) is 6.20 Å². The minimum absolute atomic E-state index is 0.0367. The Labute approximate surface area is 192 Å². The molecule has 178 valence electrons. The average molecular weight is 474 g/mol. The van der Waals surface area contributed by atoms with Gasteiger partial charge in [0.05, 0.1) is 35.8 Å². The number of ether oxygens (including phenoxy) is 1. The van der Waals surface area contributed by atoms with E-state index in [4.69, 9.17) is 4.74 Å². The maximum atomic E-state index is 14.4. The summed E-state index contributed by atoms with van der Waals surface area (Å²) < 4.78 is 64.2. The van der Waals surface area contributed by atoms with Crippen LogP contribution in [0.1, 0.15) is 60.4 Å². The number of anilines is 1.